The fourth-order valence-electron chi connectivity index (χ4n) is 2.58. The Balaban J connectivity index is 2.09. The number of nitrogens with one attached hydrogen (secondary N) is 1. The van der Waals surface area contributed by atoms with Crippen LogP contribution in [0.5, 0.6) is 0 Å². The Hall–Kier alpha value is -0.620. The van der Waals surface area contributed by atoms with E-state index < -0.39 is 0 Å². The lowest BCUT2D eigenvalue weighted by atomic mass is 10.0. The summed E-state index contributed by atoms with van der Waals surface area (Å²) in [5.74, 6) is 0.00968. The van der Waals surface area contributed by atoms with Crippen molar-refractivity contribution in [2.45, 2.75) is 51.1 Å². The number of benzene rings is 1. The molecule has 2 unspecified atom stereocenters. The molecular weight excluding hydrogens is 351 g/mol. The molecule has 1 aliphatic carbocycles. The van der Waals surface area contributed by atoms with Crippen molar-refractivity contribution in [3.63, 3.8) is 0 Å². The maximum atomic E-state index is 12.4. The lowest BCUT2D eigenvalue weighted by Gasteiger charge is -2.23. The molecule has 0 aliphatic heterocycles. The number of hydrogen-bond acceptors (Lipinski definition) is 2. The predicted octanol–water partition coefficient (Wildman–Crippen LogP) is 2.99. The number of aryl methyl sites for hydroxylation is 1. The fourth-order valence-corrected chi connectivity index (χ4v) is 3.19. The number of amides is 1. The van der Waals surface area contributed by atoms with Gasteiger partial charge in [0, 0.05) is 15.7 Å². The van der Waals surface area contributed by atoms with Gasteiger partial charge in [-0.05, 0) is 54.0 Å². The van der Waals surface area contributed by atoms with Crippen LogP contribution in [0.25, 0.3) is 0 Å². The van der Waals surface area contributed by atoms with Crippen LogP contribution in [0.3, 0.4) is 0 Å². The van der Waals surface area contributed by atoms with E-state index in [4.69, 9.17) is 5.73 Å². The molecule has 1 amide bonds. The van der Waals surface area contributed by atoms with Crippen LogP contribution in [-0.4, -0.2) is 18.0 Å². The molecule has 1 aliphatic rings. The third-order valence-electron chi connectivity index (χ3n) is 3.82. The van der Waals surface area contributed by atoms with Gasteiger partial charge in [-0.25, -0.2) is 0 Å². The maximum Gasteiger partial charge on any atom is 0.252 e. The average molecular weight is 372 g/mol. The second kappa shape index (κ2) is 6.70. The van der Waals surface area contributed by atoms with E-state index in [2.05, 4.69) is 27.9 Å². The quantitative estimate of drug-likeness (QED) is 0.620. The van der Waals surface area contributed by atoms with Gasteiger partial charge in [-0.1, -0.05) is 31.4 Å². The Morgan fingerprint density at radius 1 is 1.32 bits per heavy atom. The topological polar surface area (TPSA) is 55.1 Å². The van der Waals surface area contributed by atoms with Crippen molar-refractivity contribution < 1.29 is 4.79 Å². The second-order valence-corrected chi connectivity index (χ2v) is 6.40. The van der Waals surface area contributed by atoms with Gasteiger partial charge < -0.3 is 11.1 Å². The Labute approximate surface area is 128 Å². The average Bonchev–Trinajstić information content (AvgIpc) is 2.58. The van der Waals surface area contributed by atoms with Crippen LogP contribution >= 0.6 is 22.6 Å². The van der Waals surface area contributed by atoms with Gasteiger partial charge in [0.15, 0.2) is 0 Å². The zero-order valence-electron chi connectivity index (χ0n) is 11.3. The van der Waals surface area contributed by atoms with Crippen LogP contribution < -0.4 is 11.1 Å². The molecule has 104 valence electrons. The number of hydrogen-bond donors (Lipinski definition) is 2. The summed E-state index contributed by atoms with van der Waals surface area (Å²) < 4.78 is 1.03. The van der Waals surface area contributed by atoms with E-state index in [0.717, 1.165) is 34.0 Å². The van der Waals surface area contributed by atoms with Gasteiger partial charge in [-0.2, -0.15) is 0 Å². The van der Waals surface area contributed by atoms with E-state index in [-0.39, 0.29) is 18.0 Å². The van der Waals surface area contributed by atoms with E-state index in [1.54, 1.807) is 0 Å². The molecule has 0 aromatic heterocycles. The van der Waals surface area contributed by atoms with Crippen molar-refractivity contribution in [3.05, 3.63) is 32.9 Å². The first-order valence-electron chi connectivity index (χ1n) is 6.91. The molecule has 3 N–H and O–H groups in total. The summed E-state index contributed by atoms with van der Waals surface area (Å²) in [6, 6.07) is 6.04. The van der Waals surface area contributed by atoms with Crippen molar-refractivity contribution in [3.8, 4) is 0 Å². The molecule has 2 atom stereocenters. The Morgan fingerprint density at radius 2 is 2.05 bits per heavy atom. The highest BCUT2D eigenvalue weighted by Crippen LogP contribution is 2.19. The molecule has 19 heavy (non-hydrogen) atoms. The largest absolute Gasteiger partial charge is 0.348 e. The summed E-state index contributed by atoms with van der Waals surface area (Å²) in [5.41, 5.74) is 8.06. The Morgan fingerprint density at radius 3 is 2.84 bits per heavy atom. The Bertz CT molecular complexity index is 461. The van der Waals surface area contributed by atoms with Crippen LogP contribution in [-0.2, 0) is 0 Å². The van der Waals surface area contributed by atoms with Gasteiger partial charge in [0.25, 0.3) is 5.91 Å². The molecule has 1 fully saturated rings. The van der Waals surface area contributed by atoms with Gasteiger partial charge in [0.05, 0.1) is 5.56 Å². The standard InChI is InChI=1S/C15H21IN2O/c1-10-6-5-7-11(14(10)16)15(19)18-13-9-4-2-3-8-12(13)17/h5-7,12-13H,2-4,8-9,17H2,1H3,(H,18,19). The minimum absolute atomic E-state index is 0.00968. The Kier molecular flexibility index (Phi) is 5.21. The number of nitrogens with two attached hydrogens (primary N) is 1. The first kappa shape index (κ1) is 14.8. The molecule has 0 spiro atoms. The van der Waals surface area contributed by atoms with Gasteiger partial charge in [0.2, 0.25) is 0 Å². The number of rotatable bonds is 2. The summed E-state index contributed by atoms with van der Waals surface area (Å²) in [6.45, 7) is 2.02. The molecule has 0 heterocycles. The number of carbonyl (C=O) groups excluding carboxylic acids is 1. The zero-order valence-corrected chi connectivity index (χ0v) is 13.4. The van der Waals surface area contributed by atoms with Crippen LogP contribution in [0.15, 0.2) is 18.2 Å². The molecule has 1 saturated carbocycles. The smallest absolute Gasteiger partial charge is 0.252 e. The molecular formula is C15H21IN2O. The number of carbonyl (C=O) groups is 1. The number of halogens is 1. The highest BCUT2D eigenvalue weighted by Gasteiger charge is 2.23. The normalized spacial score (nSPS) is 23.7. The summed E-state index contributed by atoms with van der Waals surface area (Å²) in [6.07, 6.45) is 5.56. The maximum absolute atomic E-state index is 12.4. The summed E-state index contributed by atoms with van der Waals surface area (Å²) >= 11 is 2.24. The van der Waals surface area contributed by atoms with Gasteiger partial charge in [0.1, 0.15) is 0 Å². The third kappa shape index (κ3) is 3.69. The second-order valence-electron chi connectivity index (χ2n) is 5.32. The van der Waals surface area contributed by atoms with Crippen LogP contribution in [0.4, 0.5) is 0 Å². The SMILES string of the molecule is Cc1cccc(C(=O)NC2CCCCCC2N)c1I. The lowest BCUT2D eigenvalue weighted by molar-refractivity contribution is 0.0928. The highest BCUT2D eigenvalue weighted by atomic mass is 127. The zero-order chi connectivity index (χ0) is 13.8. The van der Waals surface area contributed by atoms with Gasteiger partial charge in [-0.3, -0.25) is 4.79 Å². The molecule has 2 rings (SSSR count). The van der Waals surface area contributed by atoms with Gasteiger partial charge in [-0.15, -0.1) is 0 Å². The summed E-state index contributed by atoms with van der Waals surface area (Å²) in [4.78, 5) is 12.4. The van der Waals surface area contributed by atoms with Crippen molar-refractivity contribution in [1.82, 2.24) is 5.32 Å². The van der Waals surface area contributed by atoms with Crippen molar-refractivity contribution in [1.29, 1.82) is 0 Å². The molecule has 0 bridgehead atoms. The van der Waals surface area contributed by atoms with Crippen LogP contribution in [0, 0.1) is 10.5 Å². The van der Waals surface area contributed by atoms with Crippen LogP contribution in [0.2, 0.25) is 0 Å². The van der Waals surface area contributed by atoms with Crippen molar-refractivity contribution in [2.75, 3.05) is 0 Å². The van der Waals surface area contributed by atoms with E-state index >= 15 is 0 Å². The molecule has 1 aromatic carbocycles. The molecule has 3 nitrogen and oxygen atoms in total. The first-order valence-corrected chi connectivity index (χ1v) is 7.99. The summed E-state index contributed by atoms with van der Waals surface area (Å²) in [5, 5.41) is 3.12. The molecule has 4 heteroatoms. The van der Waals surface area contributed by atoms with Crippen molar-refractivity contribution >= 4 is 28.5 Å². The van der Waals surface area contributed by atoms with Crippen molar-refractivity contribution in [2.24, 2.45) is 5.73 Å². The monoisotopic (exact) mass is 372 g/mol. The third-order valence-corrected chi connectivity index (χ3v) is 5.25. The lowest BCUT2D eigenvalue weighted by Crippen LogP contribution is -2.47. The minimum Gasteiger partial charge on any atom is -0.348 e. The molecule has 0 saturated heterocycles. The predicted molar refractivity (Wildman–Crippen MR) is 86.2 cm³/mol. The highest BCUT2D eigenvalue weighted by molar-refractivity contribution is 14.1. The first-order chi connectivity index (χ1) is 9.09. The fraction of sp³-hybridized carbons (Fsp3) is 0.533. The van der Waals surface area contributed by atoms with E-state index in [1.165, 1.54) is 12.8 Å². The van der Waals surface area contributed by atoms with Gasteiger partial charge >= 0.3 is 0 Å². The summed E-state index contributed by atoms with van der Waals surface area (Å²) in [7, 11) is 0. The van der Waals surface area contributed by atoms with E-state index in [1.807, 2.05) is 25.1 Å². The van der Waals surface area contributed by atoms with E-state index in [0.29, 0.717) is 0 Å². The molecule has 0 radical (unpaired) electrons. The van der Waals surface area contributed by atoms with E-state index in [9.17, 15) is 4.79 Å². The molecule has 1 aromatic rings. The van der Waals surface area contributed by atoms with Crippen LogP contribution in [0.1, 0.15) is 48.0 Å². The minimum atomic E-state index is 0.00968.